The zero-order chi connectivity index (χ0) is 35.6. The van der Waals surface area contributed by atoms with Crippen LogP contribution >= 0.6 is 0 Å². The molecule has 3 heteroatoms. The first-order chi connectivity index (χ1) is 24.7. The molecule has 2 rings (SSSR count). The van der Waals surface area contributed by atoms with Gasteiger partial charge in [-0.05, 0) is 60.9 Å². The highest BCUT2D eigenvalue weighted by Crippen LogP contribution is 2.18. The van der Waals surface area contributed by atoms with Crippen molar-refractivity contribution in [2.45, 2.75) is 194 Å². The van der Waals surface area contributed by atoms with Gasteiger partial charge in [0.05, 0.1) is 13.2 Å². The average molecular weight is 689 g/mol. The van der Waals surface area contributed by atoms with Crippen LogP contribution in [0.4, 0.5) is 0 Å². The van der Waals surface area contributed by atoms with Crippen molar-refractivity contribution in [3.05, 3.63) is 65.7 Å². The minimum atomic E-state index is 0.00153. The molecule has 50 heavy (non-hydrogen) atoms. The van der Waals surface area contributed by atoms with Gasteiger partial charge in [-0.25, -0.2) is 0 Å². The van der Waals surface area contributed by atoms with E-state index in [0.29, 0.717) is 5.56 Å². The minimum Gasteiger partial charge on any atom is -0.494 e. The van der Waals surface area contributed by atoms with E-state index in [9.17, 15) is 4.79 Å². The zero-order valence-corrected chi connectivity index (χ0v) is 32.7. The molecule has 2 aromatic carbocycles. The quantitative estimate of drug-likeness (QED) is 0.0411. The Kier molecular flexibility index (Phi) is 28.2. The van der Waals surface area contributed by atoms with E-state index in [1.54, 1.807) is 6.08 Å². The summed E-state index contributed by atoms with van der Waals surface area (Å²) in [5, 5.41) is 0. The van der Waals surface area contributed by atoms with E-state index < -0.39 is 0 Å². The molecule has 0 atom stereocenters. The van der Waals surface area contributed by atoms with Gasteiger partial charge in [0.1, 0.15) is 11.5 Å². The molecule has 0 aromatic heterocycles. The van der Waals surface area contributed by atoms with Gasteiger partial charge in [-0.1, -0.05) is 199 Å². The Hall–Kier alpha value is -2.55. The van der Waals surface area contributed by atoms with Crippen LogP contribution in [0.3, 0.4) is 0 Å². The number of carbonyl (C=O) groups is 1. The SMILES string of the molecule is CCCCCCCCCCCCCCCCCCOc1ccc(C(=O)/C=C/c2ccc(OCCCCCCCCCCCCCC)cc2)cc1. The maximum atomic E-state index is 12.7. The lowest BCUT2D eigenvalue weighted by atomic mass is 10.0. The lowest BCUT2D eigenvalue weighted by Crippen LogP contribution is -1.99. The summed E-state index contributed by atoms with van der Waals surface area (Å²) in [7, 11) is 0. The van der Waals surface area contributed by atoms with Gasteiger partial charge in [0.25, 0.3) is 0 Å². The number of unbranched alkanes of at least 4 members (excludes halogenated alkanes) is 26. The van der Waals surface area contributed by atoms with Crippen LogP contribution in [0, 0.1) is 0 Å². The summed E-state index contributed by atoms with van der Waals surface area (Å²) in [5.74, 6) is 1.74. The van der Waals surface area contributed by atoms with Crippen LogP contribution in [0.25, 0.3) is 6.08 Å². The van der Waals surface area contributed by atoms with E-state index in [4.69, 9.17) is 9.47 Å². The molecule has 0 N–H and O–H groups in total. The van der Waals surface area contributed by atoms with E-state index in [2.05, 4.69) is 13.8 Å². The summed E-state index contributed by atoms with van der Waals surface area (Å²) >= 11 is 0. The molecule has 0 aliphatic carbocycles. The van der Waals surface area contributed by atoms with Crippen LogP contribution in [0.5, 0.6) is 11.5 Å². The Morgan fingerprint density at radius 3 is 1.06 bits per heavy atom. The molecule has 0 fully saturated rings. The minimum absolute atomic E-state index is 0.00153. The molecule has 282 valence electrons. The van der Waals surface area contributed by atoms with Crippen LogP contribution in [-0.2, 0) is 0 Å². The Bertz CT molecular complexity index is 1050. The molecule has 3 nitrogen and oxygen atoms in total. The van der Waals surface area contributed by atoms with Gasteiger partial charge >= 0.3 is 0 Å². The number of hydrogen-bond donors (Lipinski definition) is 0. The molecule has 0 heterocycles. The molecule has 0 bridgehead atoms. The number of benzene rings is 2. The first-order valence-corrected chi connectivity index (χ1v) is 21.4. The summed E-state index contributed by atoms with van der Waals surface area (Å²) in [5.41, 5.74) is 1.67. The fourth-order valence-corrected chi connectivity index (χ4v) is 6.63. The third-order valence-corrected chi connectivity index (χ3v) is 9.98. The van der Waals surface area contributed by atoms with E-state index in [0.717, 1.165) is 43.1 Å². The van der Waals surface area contributed by atoms with Crippen LogP contribution < -0.4 is 9.47 Å². The van der Waals surface area contributed by atoms with Crippen molar-refractivity contribution in [2.75, 3.05) is 13.2 Å². The van der Waals surface area contributed by atoms with E-state index in [1.807, 2.05) is 54.6 Å². The number of allylic oxidation sites excluding steroid dienone is 1. The van der Waals surface area contributed by atoms with Crippen LogP contribution in [0.1, 0.15) is 210 Å². The fraction of sp³-hybridized carbons (Fsp3) is 0.681. The molecule has 0 radical (unpaired) electrons. The Labute approximate surface area is 309 Å². The average Bonchev–Trinajstić information content (AvgIpc) is 3.14. The second-order valence-electron chi connectivity index (χ2n) is 14.7. The molecular weight excluding hydrogens is 613 g/mol. The van der Waals surface area contributed by atoms with Gasteiger partial charge in [-0.2, -0.15) is 0 Å². The van der Waals surface area contributed by atoms with Crippen molar-refractivity contribution in [3.63, 3.8) is 0 Å². The van der Waals surface area contributed by atoms with Gasteiger partial charge in [-0.3, -0.25) is 4.79 Å². The summed E-state index contributed by atoms with van der Waals surface area (Å²) < 4.78 is 11.9. The number of rotatable bonds is 35. The van der Waals surface area contributed by atoms with Crippen molar-refractivity contribution < 1.29 is 14.3 Å². The van der Waals surface area contributed by atoms with Crippen LogP contribution in [-0.4, -0.2) is 19.0 Å². The first-order valence-electron chi connectivity index (χ1n) is 21.4. The normalized spacial score (nSPS) is 11.4. The van der Waals surface area contributed by atoms with E-state index >= 15 is 0 Å². The zero-order valence-electron chi connectivity index (χ0n) is 32.7. The lowest BCUT2D eigenvalue weighted by Gasteiger charge is -2.07. The standard InChI is InChI=1S/C47H76O3/c1-3-5-7-9-11-13-15-17-18-19-20-22-24-26-28-30-42-50-46-38-34-44(35-39-46)47(48)40-33-43-31-36-45(37-32-43)49-41-29-27-25-23-21-16-14-12-10-8-6-4-2/h31-40H,3-30,41-42H2,1-2H3/b40-33+. The number of ketones is 1. The molecule has 0 aliphatic rings. The molecule has 0 amide bonds. The first kappa shape index (κ1) is 43.6. The maximum absolute atomic E-state index is 12.7. The molecule has 0 saturated heterocycles. The molecule has 0 unspecified atom stereocenters. The molecular formula is C47H76O3. The van der Waals surface area contributed by atoms with Gasteiger partial charge in [0.2, 0.25) is 0 Å². The third-order valence-electron chi connectivity index (χ3n) is 9.98. The van der Waals surface area contributed by atoms with Crippen LogP contribution in [0.2, 0.25) is 0 Å². The number of ether oxygens (including phenoxy) is 2. The number of carbonyl (C=O) groups excluding carboxylic acids is 1. The second kappa shape index (κ2) is 32.4. The van der Waals surface area contributed by atoms with Crippen molar-refractivity contribution in [1.82, 2.24) is 0 Å². The predicted octanol–water partition coefficient (Wildman–Crippen LogP) is 15.3. The highest BCUT2D eigenvalue weighted by atomic mass is 16.5. The molecule has 0 saturated carbocycles. The van der Waals surface area contributed by atoms with Crippen molar-refractivity contribution in [1.29, 1.82) is 0 Å². The Balaban J connectivity index is 1.44. The Morgan fingerprint density at radius 2 is 0.720 bits per heavy atom. The van der Waals surface area contributed by atoms with Gasteiger partial charge in [0, 0.05) is 5.56 Å². The molecule has 0 aliphatic heterocycles. The van der Waals surface area contributed by atoms with Crippen LogP contribution in [0.15, 0.2) is 54.6 Å². The summed E-state index contributed by atoms with van der Waals surface area (Å²) in [6.07, 6.45) is 41.7. The highest BCUT2D eigenvalue weighted by Gasteiger charge is 2.03. The maximum Gasteiger partial charge on any atom is 0.185 e. The fourth-order valence-electron chi connectivity index (χ4n) is 6.63. The van der Waals surface area contributed by atoms with Crippen molar-refractivity contribution >= 4 is 11.9 Å². The van der Waals surface area contributed by atoms with E-state index in [1.165, 1.54) is 167 Å². The summed E-state index contributed by atoms with van der Waals surface area (Å²) in [6, 6.07) is 15.6. The molecule has 2 aromatic rings. The van der Waals surface area contributed by atoms with Gasteiger partial charge in [-0.15, -0.1) is 0 Å². The van der Waals surface area contributed by atoms with E-state index in [-0.39, 0.29) is 5.78 Å². The molecule has 0 spiro atoms. The third kappa shape index (κ3) is 24.6. The lowest BCUT2D eigenvalue weighted by molar-refractivity contribution is 0.104. The Morgan fingerprint density at radius 1 is 0.420 bits per heavy atom. The topological polar surface area (TPSA) is 35.5 Å². The smallest absolute Gasteiger partial charge is 0.185 e. The van der Waals surface area contributed by atoms with Crippen molar-refractivity contribution in [3.8, 4) is 11.5 Å². The van der Waals surface area contributed by atoms with Gasteiger partial charge in [0.15, 0.2) is 5.78 Å². The van der Waals surface area contributed by atoms with Crippen molar-refractivity contribution in [2.24, 2.45) is 0 Å². The predicted molar refractivity (Wildman–Crippen MR) is 218 cm³/mol. The summed E-state index contributed by atoms with van der Waals surface area (Å²) in [6.45, 7) is 6.08. The monoisotopic (exact) mass is 689 g/mol. The number of hydrogen-bond acceptors (Lipinski definition) is 3. The highest BCUT2D eigenvalue weighted by molar-refractivity contribution is 6.06. The largest absolute Gasteiger partial charge is 0.494 e. The summed E-state index contributed by atoms with van der Waals surface area (Å²) in [4.78, 5) is 12.7. The second-order valence-corrected chi connectivity index (χ2v) is 14.7. The van der Waals surface area contributed by atoms with Gasteiger partial charge < -0.3 is 9.47 Å².